The molecular weight excluding hydrogens is 334 g/mol. The molecule has 0 spiro atoms. The summed E-state index contributed by atoms with van der Waals surface area (Å²) in [6.45, 7) is 1.95. The van der Waals surface area contributed by atoms with Crippen molar-refractivity contribution >= 4 is 17.4 Å². The summed E-state index contributed by atoms with van der Waals surface area (Å²) in [5.74, 6) is 0.541. The van der Waals surface area contributed by atoms with Crippen molar-refractivity contribution in [2.24, 2.45) is 0 Å². The molecule has 0 fully saturated rings. The molecule has 0 aliphatic heterocycles. The van der Waals surface area contributed by atoms with Gasteiger partial charge in [-0.25, -0.2) is 14.6 Å². The van der Waals surface area contributed by atoms with Crippen LogP contribution >= 0.6 is 11.8 Å². The molecule has 6 nitrogen and oxygen atoms in total. The van der Waals surface area contributed by atoms with E-state index in [0.29, 0.717) is 16.6 Å². The van der Waals surface area contributed by atoms with Crippen molar-refractivity contribution in [1.29, 1.82) is 0 Å². The summed E-state index contributed by atoms with van der Waals surface area (Å²) in [7, 11) is 0. The summed E-state index contributed by atoms with van der Waals surface area (Å²) in [6.07, 6.45) is 3.42. The fourth-order valence-corrected chi connectivity index (χ4v) is 3.23. The number of hydrogen-bond donors (Lipinski definition) is 0. The van der Waals surface area contributed by atoms with Crippen LogP contribution in [-0.2, 0) is 5.75 Å². The van der Waals surface area contributed by atoms with Crippen molar-refractivity contribution in [3.05, 3.63) is 82.7 Å². The van der Waals surface area contributed by atoms with Gasteiger partial charge >= 0.3 is 0 Å². The van der Waals surface area contributed by atoms with Gasteiger partial charge in [0, 0.05) is 18.0 Å². The number of para-hydroxylation sites is 1. The Kier molecular flexibility index (Phi) is 4.07. The predicted octanol–water partition coefficient (Wildman–Crippen LogP) is 2.88. The average molecular weight is 349 g/mol. The molecule has 0 N–H and O–H groups in total. The molecule has 4 rings (SSSR count). The third-order valence-electron chi connectivity index (χ3n) is 3.78. The second kappa shape index (κ2) is 6.52. The number of hydrogen-bond acceptors (Lipinski definition) is 5. The van der Waals surface area contributed by atoms with Crippen molar-refractivity contribution < 1.29 is 0 Å². The van der Waals surface area contributed by atoms with E-state index in [1.54, 1.807) is 27.7 Å². The number of fused-ring (bicyclic) bond motifs is 1. The summed E-state index contributed by atoms with van der Waals surface area (Å²) in [4.78, 5) is 21.1. The van der Waals surface area contributed by atoms with Crippen LogP contribution < -0.4 is 5.56 Å². The Balaban J connectivity index is 1.56. The maximum Gasteiger partial charge on any atom is 0.258 e. The smallest absolute Gasteiger partial charge is 0.258 e. The molecule has 0 saturated heterocycles. The van der Waals surface area contributed by atoms with E-state index in [1.165, 1.54) is 11.8 Å². The molecule has 3 heterocycles. The lowest BCUT2D eigenvalue weighted by atomic mass is 10.3. The van der Waals surface area contributed by atoms with Gasteiger partial charge in [-0.3, -0.25) is 9.20 Å². The molecule has 0 radical (unpaired) electrons. The topological polar surface area (TPSA) is 65.1 Å². The van der Waals surface area contributed by atoms with Crippen LogP contribution in [0.1, 0.15) is 11.3 Å². The van der Waals surface area contributed by atoms with E-state index in [4.69, 9.17) is 0 Å². The van der Waals surface area contributed by atoms with Crippen LogP contribution in [-0.4, -0.2) is 24.1 Å². The summed E-state index contributed by atoms with van der Waals surface area (Å²) in [5, 5.41) is 5.10. The molecule has 25 heavy (non-hydrogen) atoms. The van der Waals surface area contributed by atoms with Gasteiger partial charge in [0.15, 0.2) is 0 Å². The van der Waals surface area contributed by atoms with Gasteiger partial charge < -0.3 is 0 Å². The van der Waals surface area contributed by atoms with E-state index in [2.05, 4.69) is 15.1 Å². The van der Waals surface area contributed by atoms with Crippen LogP contribution in [0.5, 0.6) is 0 Å². The van der Waals surface area contributed by atoms with Crippen molar-refractivity contribution in [1.82, 2.24) is 24.1 Å². The Bertz CT molecular complexity index is 1090. The monoisotopic (exact) mass is 349 g/mol. The lowest BCUT2D eigenvalue weighted by molar-refractivity contribution is 0.834. The molecule has 4 aromatic rings. The second-order valence-electron chi connectivity index (χ2n) is 5.57. The Hall–Kier alpha value is -2.93. The minimum atomic E-state index is -0.0768. The molecule has 0 saturated carbocycles. The Morgan fingerprint density at radius 2 is 1.96 bits per heavy atom. The van der Waals surface area contributed by atoms with Gasteiger partial charge in [-0.05, 0) is 30.7 Å². The number of aryl methyl sites for hydroxylation is 1. The van der Waals surface area contributed by atoms with Gasteiger partial charge in [-0.15, -0.1) is 5.10 Å². The molecule has 3 aromatic heterocycles. The first kappa shape index (κ1) is 15.6. The first-order chi connectivity index (χ1) is 12.2. The van der Waals surface area contributed by atoms with Gasteiger partial charge in [-0.1, -0.05) is 36.0 Å². The molecule has 1 aromatic carbocycles. The van der Waals surface area contributed by atoms with Crippen LogP contribution in [0.25, 0.3) is 11.3 Å². The standard InChI is InChI=1S/C18H15N5OS/c1-13-6-5-9-22-16(24)10-14(20-17(13)22)11-25-18-19-12-23(21-18)15-7-3-2-4-8-15/h2-10,12H,11H2,1H3. The Morgan fingerprint density at radius 3 is 2.80 bits per heavy atom. The highest BCUT2D eigenvalue weighted by Crippen LogP contribution is 2.19. The molecule has 0 aliphatic rings. The number of pyridine rings is 1. The van der Waals surface area contributed by atoms with E-state index < -0.39 is 0 Å². The van der Waals surface area contributed by atoms with Crippen LogP contribution in [0.15, 0.2) is 71.0 Å². The predicted molar refractivity (Wildman–Crippen MR) is 97.1 cm³/mol. The number of rotatable bonds is 4. The Labute approximate surface area is 148 Å². The van der Waals surface area contributed by atoms with Crippen molar-refractivity contribution in [3.8, 4) is 5.69 Å². The van der Waals surface area contributed by atoms with E-state index in [0.717, 1.165) is 16.9 Å². The number of nitrogens with zero attached hydrogens (tertiary/aromatic N) is 5. The fraction of sp³-hybridized carbons (Fsp3) is 0.111. The number of aromatic nitrogens is 5. The molecule has 0 unspecified atom stereocenters. The SMILES string of the molecule is Cc1cccn2c(=O)cc(CSc3ncn(-c4ccccc4)n3)nc12. The van der Waals surface area contributed by atoms with Crippen LogP contribution in [0, 0.1) is 6.92 Å². The molecule has 0 bridgehead atoms. The number of benzene rings is 1. The summed E-state index contributed by atoms with van der Waals surface area (Å²) < 4.78 is 3.29. The van der Waals surface area contributed by atoms with E-state index in [-0.39, 0.29) is 5.56 Å². The molecule has 0 aliphatic carbocycles. The van der Waals surface area contributed by atoms with Crippen molar-refractivity contribution in [3.63, 3.8) is 0 Å². The van der Waals surface area contributed by atoms with Crippen molar-refractivity contribution in [2.45, 2.75) is 17.8 Å². The van der Waals surface area contributed by atoms with Gasteiger partial charge in [0.25, 0.3) is 5.56 Å². The zero-order valence-electron chi connectivity index (χ0n) is 13.5. The maximum absolute atomic E-state index is 12.2. The minimum Gasteiger partial charge on any atom is -0.269 e. The summed E-state index contributed by atoms with van der Waals surface area (Å²) in [6, 6.07) is 15.2. The quantitative estimate of drug-likeness (QED) is 0.530. The normalized spacial score (nSPS) is 11.1. The first-order valence-electron chi connectivity index (χ1n) is 7.78. The van der Waals surface area contributed by atoms with Crippen LogP contribution in [0.4, 0.5) is 0 Å². The zero-order chi connectivity index (χ0) is 17.2. The molecule has 7 heteroatoms. The lowest BCUT2D eigenvalue weighted by Crippen LogP contribution is -2.15. The molecular formula is C18H15N5OS. The highest BCUT2D eigenvalue weighted by atomic mass is 32.2. The highest BCUT2D eigenvalue weighted by Gasteiger charge is 2.08. The van der Waals surface area contributed by atoms with Crippen molar-refractivity contribution in [2.75, 3.05) is 0 Å². The summed E-state index contributed by atoms with van der Waals surface area (Å²) in [5.41, 5.74) is 3.26. The number of thioether (sulfide) groups is 1. The Morgan fingerprint density at radius 1 is 1.12 bits per heavy atom. The third-order valence-corrected chi connectivity index (χ3v) is 4.67. The maximum atomic E-state index is 12.2. The van der Waals surface area contributed by atoms with Crippen LogP contribution in [0.3, 0.4) is 0 Å². The van der Waals surface area contributed by atoms with Gasteiger partial charge in [0.05, 0.1) is 11.4 Å². The summed E-state index contributed by atoms with van der Waals surface area (Å²) >= 11 is 1.46. The molecule has 0 atom stereocenters. The first-order valence-corrected chi connectivity index (χ1v) is 8.77. The van der Waals surface area contributed by atoms with Gasteiger partial charge in [0.2, 0.25) is 5.16 Å². The average Bonchev–Trinajstić information content (AvgIpc) is 3.11. The fourth-order valence-electron chi connectivity index (χ4n) is 2.54. The van der Waals surface area contributed by atoms with E-state index >= 15 is 0 Å². The highest BCUT2D eigenvalue weighted by molar-refractivity contribution is 7.98. The van der Waals surface area contributed by atoms with Crippen LogP contribution in [0.2, 0.25) is 0 Å². The van der Waals surface area contributed by atoms with E-state index in [1.807, 2.05) is 49.4 Å². The van der Waals surface area contributed by atoms with Gasteiger partial charge in [-0.2, -0.15) is 0 Å². The van der Waals surface area contributed by atoms with Gasteiger partial charge in [0.1, 0.15) is 12.0 Å². The molecule has 124 valence electrons. The third kappa shape index (κ3) is 3.18. The largest absolute Gasteiger partial charge is 0.269 e. The molecule has 0 amide bonds. The minimum absolute atomic E-state index is 0.0768. The van der Waals surface area contributed by atoms with E-state index in [9.17, 15) is 4.79 Å². The zero-order valence-corrected chi connectivity index (χ0v) is 14.3. The lowest BCUT2D eigenvalue weighted by Gasteiger charge is -2.05. The second-order valence-corrected chi connectivity index (χ2v) is 6.51.